The first-order valence-corrected chi connectivity index (χ1v) is 9.18. The van der Waals surface area contributed by atoms with Gasteiger partial charge < -0.3 is 10.2 Å². The van der Waals surface area contributed by atoms with Crippen molar-refractivity contribution in [1.29, 1.82) is 0 Å². The largest absolute Gasteiger partial charge is 0.348 e. The van der Waals surface area contributed by atoms with Crippen molar-refractivity contribution in [2.24, 2.45) is 0 Å². The van der Waals surface area contributed by atoms with Gasteiger partial charge in [0, 0.05) is 19.8 Å². The van der Waals surface area contributed by atoms with Crippen LogP contribution in [-0.2, 0) is 11.2 Å². The van der Waals surface area contributed by atoms with Crippen LogP contribution in [-0.4, -0.2) is 40.3 Å². The predicted octanol–water partition coefficient (Wildman–Crippen LogP) is 3.72. The number of para-hydroxylation sites is 1. The molecule has 1 aromatic carbocycles. The Bertz CT molecular complexity index is 684. The van der Waals surface area contributed by atoms with Crippen LogP contribution in [0.15, 0.2) is 22.5 Å². The molecule has 124 valence electrons. The molecule has 0 aliphatic carbocycles. The predicted molar refractivity (Wildman–Crippen MR) is 97.8 cm³/mol. The molecule has 0 saturated heterocycles. The summed E-state index contributed by atoms with van der Waals surface area (Å²) in [4.78, 5) is 13.5. The molecule has 0 aliphatic rings. The molecule has 23 heavy (non-hydrogen) atoms. The minimum Gasteiger partial charge on any atom is -0.348 e. The fraction of sp³-hybridized carbons (Fsp3) is 0.438. The molecule has 7 heteroatoms. The highest BCUT2D eigenvalue weighted by Crippen LogP contribution is 2.32. The zero-order valence-corrected chi connectivity index (χ0v) is 15.7. The van der Waals surface area contributed by atoms with Crippen molar-refractivity contribution in [3.8, 4) is 0 Å². The van der Waals surface area contributed by atoms with E-state index < -0.39 is 0 Å². The monoisotopic (exact) mass is 350 g/mol. The summed E-state index contributed by atoms with van der Waals surface area (Å²) in [6.07, 6.45) is 0.957. The van der Waals surface area contributed by atoms with Gasteiger partial charge in [-0.05, 0) is 31.4 Å². The summed E-state index contributed by atoms with van der Waals surface area (Å²) in [5, 5.41) is 12.3. The maximum atomic E-state index is 11.9. The number of nitrogens with zero attached hydrogens (tertiary/aromatic N) is 3. The van der Waals surface area contributed by atoms with E-state index in [1.54, 1.807) is 19.0 Å². The van der Waals surface area contributed by atoms with Gasteiger partial charge in [-0.2, -0.15) is 0 Å². The summed E-state index contributed by atoms with van der Waals surface area (Å²) in [5.74, 6) is 0.0758. The van der Waals surface area contributed by atoms with Gasteiger partial charge in [0.05, 0.1) is 5.25 Å². The van der Waals surface area contributed by atoms with Crippen LogP contribution >= 0.6 is 23.1 Å². The average molecular weight is 351 g/mol. The normalized spacial score (nSPS) is 12.0. The smallest absolute Gasteiger partial charge is 0.235 e. The van der Waals surface area contributed by atoms with Crippen molar-refractivity contribution in [2.75, 3.05) is 19.4 Å². The van der Waals surface area contributed by atoms with Gasteiger partial charge in [0.1, 0.15) is 0 Å². The first kappa shape index (κ1) is 17.7. The van der Waals surface area contributed by atoms with E-state index in [0.717, 1.165) is 21.6 Å². The van der Waals surface area contributed by atoms with Crippen molar-refractivity contribution < 1.29 is 4.79 Å². The Morgan fingerprint density at radius 1 is 1.39 bits per heavy atom. The molecular formula is C16H22N4OS2. The fourth-order valence-corrected chi connectivity index (χ4v) is 4.23. The van der Waals surface area contributed by atoms with Crippen LogP contribution in [0.3, 0.4) is 0 Å². The highest BCUT2D eigenvalue weighted by molar-refractivity contribution is 8.02. The summed E-state index contributed by atoms with van der Waals surface area (Å²) in [6.45, 7) is 6.10. The second kappa shape index (κ2) is 7.79. The lowest BCUT2D eigenvalue weighted by Gasteiger charge is -2.14. The Balaban J connectivity index is 2.10. The first-order chi connectivity index (χ1) is 10.9. The third kappa shape index (κ3) is 4.45. The number of aryl methyl sites for hydroxylation is 2. The van der Waals surface area contributed by atoms with Crippen LogP contribution in [0.25, 0.3) is 0 Å². The Morgan fingerprint density at radius 2 is 2.13 bits per heavy atom. The molecule has 0 spiro atoms. The minimum absolute atomic E-state index is 0.0758. The number of amides is 1. The zero-order chi connectivity index (χ0) is 17.0. The van der Waals surface area contributed by atoms with Crippen LogP contribution in [0.2, 0.25) is 0 Å². The summed E-state index contributed by atoms with van der Waals surface area (Å²) < 4.78 is 0.793. The van der Waals surface area contributed by atoms with Crippen LogP contribution in [0.5, 0.6) is 0 Å². The number of thioether (sulfide) groups is 1. The number of carbonyl (C=O) groups excluding carboxylic acids is 1. The molecule has 0 aliphatic heterocycles. The summed E-state index contributed by atoms with van der Waals surface area (Å²) in [5.41, 5.74) is 3.54. The van der Waals surface area contributed by atoms with Crippen LogP contribution < -0.4 is 5.32 Å². The third-order valence-electron chi connectivity index (χ3n) is 3.44. The Hall–Kier alpha value is -1.60. The van der Waals surface area contributed by atoms with E-state index in [4.69, 9.17) is 0 Å². The SMILES string of the molecule is CCc1cccc(C)c1Nc1nnc(SC(C)C(=O)N(C)C)s1. The molecule has 0 saturated carbocycles. The maximum Gasteiger partial charge on any atom is 0.235 e. The second-order valence-electron chi connectivity index (χ2n) is 5.45. The van der Waals surface area contributed by atoms with E-state index in [1.807, 2.05) is 6.92 Å². The zero-order valence-electron chi connectivity index (χ0n) is 14.1. The van der Waals surface area contributed by atoms with E-state index >= 15 is 0 Å². The number of hydrogen-bond donors (Lipinski definition) is 1. The average Bonchev–Trinajstić information content (AvgIpc) is 2.95. The van der Waals surface area contributed by atoms with E-state index in [1.165, 1.54) is 34.2 Å². The second-order valence-corrected chi connectivity index (χ2v) is 8.02. The first-order valence-electron chi connectivity index (χ1n) is 7.49. The lowest BCUT2D eigenvalue weighted by atomic mass is 10.1. The third-order valence-corrected chi connectivity index (χ3v) is 5.45. The minimum atomic E-state index is -0.171. The maximum absolute atomic E-state index is 11.9. The fourth-order valence-electron chi connectivity index (χ4n) is 2.18. The van der Waals surface area contributed by atoms with Crippen LogP contribution in [0.1, 0.15) is 25.0 Å². The summed E-state index contributed by atoms with van der Waals surface area (Å²) in [6, 6.07) is 6.26. The van der Waals surface area contributed by atoms with E-state index in [0.29, 0.717) is 0 Å². The molecule has 1 heterocycles. The number of benzene rings is 1. The van der Waals surface area contributed by atoms with E-state index in [2.05, 4.69) is 47.6 Å². The van der Waals surface area contributed by atoms with E-state index in [-0.39, 0.29) is 11.2 Å². The molecule has 1 atom stereocenters. The van der Waals surface area contributed by atoms with Crippen molar-refractivity contribution in [3.63, 3.8) is 0 Å². The van der Waals surface area contributed by atoms with Gasteiger partial charge >= 0.3 is 0 Å². The molecular weight excluding hydrogens is 328 g/mol. The number of rotatable bonds is 6. The molecule has 0 fully saturated rings. The standard InChI is InChI=1S/C16H22N4OS2/c1-6-12-9-7-8-10(2)13(12)17-15-18-19-16(23-15)22-11(3)14(21)20(4)5/h7-9,11H,6H2,1-5H3,(H,17,18). The molecule has 5 nitrogen and oxygen atoms in total. The van der Waals surface area contributed by atoms with Crippen molar-refractivity contribution in [2.45, 2.75) is 36.8 Å². The number of aromatic nitrogens is 2. The van der Waals surface area contributed by atoms with Crippen molar-refractivity contribution >= 4 is 39.8 Å². The van der Waals surface area contributed by atoms with Crippen molar-refractivity contribution in [1.82, 2.24) is 15.1 Å². The Kier molecular flexibility index (Phi) is 6.01. The van der Waals surface area contributed by atoms with Gasteiger partial charge in [-0.15, -0.1) is 10.2 Å². The Labute approximate surface area is 145 Å². The lowest BCUT2D eigenvalue weighted by molar-refractivity contribution is -0.127. The number of nitrogens with one attached hydrogen (secondary N) is 1. The lowest BCUT2D eigenvalue weighted by Crippen LogP contribution is -2.29. The number of carbonyl (C=O) groups is 1. The van der Waals surface area contributed by atoms with Crippen LogP contribution in [0.4, 0.5) is 10.8 Å². The molecule has 1 aromatic heterocycles. The van der Waals surface area contributed by atoms with Gasteiger partial charge in [0.2, 0.25) is 11.0 Å². The molecule has 1 amide bonds. The highest BCUT2D eigenvalue weighted by Gasteiger charge is 2.18. The molecule has 1 unspecified atom stereocenters. The Morgan fingerprint density at radius 3 is 2.78 bits per heavy atom. The summed E-state index contributed by atoms with van der Waals surface area (Å²) >= 11 is 2.91. The van der Waals surface area contributed by atoms with Crippen molar-refractivity contribution in [3.05, 3.63) is 29.3 Å². The van der Waals surface area contributed by atoms with Gasteiger partial charge in [-0.3, -0.25) is 4.79 Å². The van der Waals surface area contributed by atoms with E-state index in [9.17, 15) is 4.79 Å². The van der Waals surface area contributed by atoms with Gasteiger partial charge in [-0.1, -0.05) is 48.2 Å². The molecule has 0 bridgehead atoms. The van der Waals surface area contributed by atoms with Gasteiger partial charge in [0.15, 0.2) is 4.34 Å². The number of hydrogen-bond acceptors (Lipinski definition) is 6. The molecule has 2 rings (SSSR count). The topological polar surface area (TPSA) is 58.1 Å². The molecule has 2 aromatic rings. The highest BCUT2D eigenvalue weighted by atomic mass is 32.2. The number of anilines is 2. The molecule has 1 N–H and O–H groups in total. The molecule has 0 radical (unpaired) electrons. The van der Waals surface area contributed by atoms with Crippen LogP contribution in [0, 0.1) is 6.92 Å². The quantitative estimate of drug-likeness (QED) is 0.805. The van der Waals surface area contributed by atoms with Gasteiger partial charge in [0.25, 0.3) is 0 Å². The van der Waals surface area contributed by atoms with Gasteiger partial charge in [-0.25, -0.2) is 0 Å². The summed E-state index contributed by atoms with van der Waals surface area (Å²) in [7, 11) is 3.52.